The lowest BCUT2D eigenvalue weighted by Crippen LogP contribution is -2.41. The zero-order chi connectivity index (χ0) is 13.0. The second kappa shape index (κ2) is 5.85. The number of hydrogen-bond donors (Lipinski definition) is 2. The van der Waals surface area contributed by atoms with Gasteiger partial charge in [0, 0.05) is 6.04 Å². The highest BCUT2D eigenvalue weighted by Crippen LogP contribution is 2.18. The number of carbonyl (C=O) groups excluding carboxylic acids is 1. The van der Waals surface area contributed by atoms with Gasteiger partial charge in [0.25, 0.3) is 0 Å². The van der Waals surface area contributed by atoms with E-state index >= 15 is 0 Å². The van der Waals surface area contributed by atoms with E-state index in [1.807, 2.05) is 6.92 Å². The van der Waals surface area contributed by atoms with Gasteiger partial charge >= 0.3 is 6.03 Å². The Labute approximate surface area is 107 Å². The van der Waals surface area contributed by atoms with Gasteiger partial charge < -0.3 is 10.6 Å². The van der Waals surface area contributed by atoms with Gasteiger partial charge in [0.1, 0.15) is 5.82 Å². The summed E-state index contributed by atoms with van der Waals surface area (Å²) in [6.07, 6.45) is 4.52. The molecule has 1 saturated carbocycles. The first-order valence-corrected chi connectivity index (χ1v) is 6.47. The van der Waals surface area contributed by atoms with Crippen molar-refractivity contribution < 1.29 is 9.18 Å². The summed E-state index contributed by atoms with van der Waals surface area (Å²) < 4.78 is 12.8. The molecule has 18 heavy (non-hydrogen) atoms. The summed E-state index contributed by atoms with van der Waals surface area (Å²) in [5, 5.41) is 5.84. The summed E-state index contributed by atoms with van der Waals surface area (Å²) >= 11 is 0. The molecule has 0 saturated heterocycles. The maximum atomic E-state index is 12.8. The van der Waals surface area contributed by atoms with Crippen molar-refractivity contribution in [3.63, 3.8) is 0 Å². The molecule has 0 spiro atoms. The van der Waals surface area contributed by atoms with E-state index in [9.17, 15) is 9.18 Å². The Balaban J connectivity index is 1.84. The van der Waals surface area contributed by atoms with E-state index < -0.39 is 0 Å². The van der Waals surface area contributed by atoms with Gasteiger partial charge in [0.15, 0.2) is 0 Å². The van der Waals surface area contributed by atoms with Crippen LogP contribution in [0.5, 0.6) is 0 Å². The van der Waals surface area contributed by atoms with Gasteiger partial charge in [0.05, 0.1) is 6.04 Å². The molecular weight excluding hydrogens is 231 g/mol. The highest BCUT2D eigenvalue weighted by Gasteiger charge is 2.18. The molecule has 3 nitrogen and oxygen atoms in total. The van der Waals surface area contributed by atoms with Crippen molar-refractivity contribution in [3.8, 4) is 0 Å². The van der Waals surface area contributed by atoms with E-state index in [-0.39, 0.29) is 17.9 Å². The lowest BCUT2D eigenvalue weighted by Gasteiger charge is -2.17. The molecule has 0 bridgehead atoms. The maximum absolute atomic E-state index is 12.8. The lowest BCUT2D eigenvalue weighted by atomic mass is 10.1. The van der Waals surface area contributed by atoms with Gasteiger partial charge in [-0.2, -0.15) is 0 Å². The number of nitrogens with one attached hydrogen (secondary N) is 2. The van der Waals surface area contributed by atoms with E-state index in [1.165, 1.54) is 25.0 Å². The molecule has 0 radical (unpaired) electrons. The molecule has 2 N–H and O–H groups in total. The third-order valence-electron chi connectivity index (χ3n) is 3.41. The number of rotatable bonds is 3. The Morgan fingerprint density at radius 3 is 2.50 bits per heavy atom. The van der Waals surface area contributed by atoms with Gasteiger partial charge in [-0.15, -0.1) is 0 Å². The Morgan fingerprint density at radius 1 is 1.28 bits per heavy atom. The molecule has 1 aliphatic carbocycles. The minimum atomic E-state index is -0.263. The smallest absolute Gasteiger partial charge is 0.315 e. The molecule has 1 fully saturated rings. The number of benzene rings is 1. The standard InChI is InChI=1S/C14H19FN2O/c1-10(11-6-8-12(15)9-7-11)16-14(18)17-13-4-2-3-5-13/h6-10,13H,2-5H2,1H3,(H2,16,17,18)/t10-/m1/s1. The van der Waals surface area contributed by atoms with E-state index in [0.29, 0.717) is 6.04 Å². The topological polar surface area (TPSA) is 41.1 Å². The van der Waals surface area contributed by atoms with Gasteiger partial charge in [-0.05, 0) is 37.5 Å². The minimum Gasteiger partial charge on any atom is -0.335 e. The molecule has 0 aromatic heterocycles. The predicted octanol–water partition coefficient (Wildman–Crippen LogP) is 3.13. The van der Waals surface area contributed by atoms with Crippen molar-refractivity contribution in [2.75, 3.05) is 0 Å². The van der Waals surface area contributed by atoms with Crippen LogP contribution in [0.25, 0.3) is 0 Å². The quantitative estimate of drug-likeness (QED) is 0.850. The summed E-state index contributed by atoms with van der Waals surface area (Å²) in [6.45, 7) is 1.89. The molecule has 1 atom stereocenters. The zero-order valence-electron chi connectivity index (χ0n) is 10.6. The molecule has 1 aromatic carbocycles. The van der Waals surface area contributed by atoms with Crippen LogP contribution in [-0.4, -0.2) is 12.1 Å². The van der Waals surface area contributed by atoms with E-state index in [1.54, 1.807) is 12.1 Å². The van der Waals surface area contributed by atoms with Crippen LogP contribution in [0.15, 0.2) is 24.3 Å². The van der Waals surface area contributed by atoms with Gasteiger partial charge in [0.2, 0.25) is 0 Å². The molecule has 2 rings (SSSR count). The summed E-state index contributed by atoms with van der Waals surface area (Å²) in [5.74, 6) is -0.263. The number of halogens is 1. The molecule has 0 heterocycles. The molecule has 2 amide bonds. The van der Waals surface area contributed by atoms with Crippen molar-refractivity contribution in [1.29, 1.82) is 0 Å². The summed E-state index contributed by atoms with van der Waals surface area (Å²) in [6, 6.07) is 6.24. The Kier molecular flexibility index (Phi) is 4.18. The molecular formula is C14H19FN2O. The average molecular weight is 250 g/mol. The van der Waals surface area contributed by atoms with Crippen molar-refractivity contribution in [2.24, 2.45) is 0 Å². The van der Waals surface area contributed by atoms with E-state index in [0.717, 1.165) is 18.4 Å². The van der Waals surface area contributed by atoms with E-state index in [4.69, 9.17) is 0 Å². The molecule has 98 valence electrons. The van der Waals surface area contributed by atoms with Crippen molar-refractivity contribution in [2.45, 2.75) is 44.7 Å². The molecule has 0 aliphatic heterocycles. The normalized spacial score (nSPS) is 17.4. The monoisotopic (exact) mass is 250 g/mol. The van der Waals surface area contributed by atoms with Crippen LogP contribution >= 0.6 is 0 Å². The van der Waals surface area contributed by atoms with Crippen molar-refractivity contribution in [3.05, 3.63) is 35.6 Å². The zero-order valence-corrected chi connectivity index (χ0v) is 10.6. The van der Waals surface area contributed by atoms with Crippen LogP contribution < -0.4 is 10.6 Å². The second-order valence-corrected chi connectivity index (χ2v) is 4.87. The fourth-order valence-electron chi connectivity index (χ4n) is 2.33. The van der Waals surface area contributed by atoms with Crippen LogP contribution in [0.1, 0.15) is 44.2 Å². The molecule has 1 aromatic rings. The fourth-order valence-corrected chi connectivity index (χ4v) is 2.33. The Morgan fingerprint density at radius 2 is 1.89 bits per heavy atom. The SMILES string of the molecule is C[C@@H](NC(=O)NC1CCCC1)c1ccc(F)cc1. The van der Waals surface area contributed by atoms with Crippen molar-refractivity contribution >= 4 is 6.03 Å². The average Bonchev–Trinajstić information content (AvgIpc) is 2.82. The van der Waals surface area contributed by atoms with Crippen molar-refractivity contribution in [1.82, 2.24) is 10.6 Å². The van der Waals surface area contributed by atoms with Crippen LogP contribution in [0, 0.1) is 5.82 Å². The molecule has 1 aliphatic rings. The van der Waals surface area contributed by atoms with Gasteiger partial charge in [-0.25, -0.2) is 9.18 Å². The summed E-state index contributed by atoms with van der Waals surface area (Å²) in [7, 11) is 0. The molecule has 0 unspecified atom stereocenters. The highest BCUT2D eigenvalue weighted by molar-refractivity contribution is 5.74. The maximum Gasteiger partial charge on any atom is 0.315 e. The number of hydrogen-bond acceptors (Lipinski definition) is 1. The summed E-state index contributed by atoms with van der Waals surface area (Å²) in [5.41, 5.74) is 0.901. The number of carbonyl (C=O) groups is 1. The fraction of sp³-hybridized carbons (Fsp3) is 0.500. The first-order valence-electron chi connectivity index (χ1n) is 6.47. The van der Waals surface area contributed by atoms with Gasteiger partial charge in [-0.3, -0.25) is 0 Å². The number of urea groups is 1. The third kappa shape index (κ3) is 3.45. The first-order chi connectivity index (χ1) is 8.65. The Hall–Kier alpha value is -1.58. The molecule has 4 heteroatoms. The number of amides is 2. The summed E-state index contributed by atoms with van der Waals surface area (Å²) in [4.78, 5) is 11.8. The largest absolute Gasteiger partial charge is 0.335 e. The van der Waals surface area contributed by atoms with Gasteiger partial charge in [-0.1, -0.05) is 25.0 Å². The van der Waals surface area contributed by atoms with Crippen LogP contribution in [0.2, 0.25) is 0 Å². The second-order valence-electron chi connectivity index (χ2n) is 4.87. The third-order valence-corrected chi connectivity index (χ3v) is 3.41. The lowest BCUT2D eigenvalue weighted by molar-refractivity contribution is 0.234. The predicted molar refractivity (Wildman–Crippen MR) is 68.7 cm³/mol. The Bertz CT molecular complexity index is 399. The van der Waals surface area contributed by atoms with E-state index in [2.05, 4.69) is 10.6 Å². The highest BCUT2D eigenvalue weighted by atomic mass is 19.1. The van der Waals surface area contributed by atoms with Crippen LogP contribution in [0.4, 0.5) is 9.18 Å². The van der Waals surface area contributed by atoms with Crippen LogP contribution in [0.3, 0.4) is 0 Å². The minimum absolute atomic E-state index is 0.119. The van der Waals surface area contributed by atoms with Crippen LogP contribution in [-0.2, 0) is 0 Å². The first kappa shape index (κ1) is 12.9.